The monoisotopic (exact) mass is 308 g/mol. The van der Waals surface area contributed by atoms with Gasteiger partial charge >= 0.3 is 0 Å². The van der Waals surface area contributed by atoms with Crippen LogP contribution in [0.25, 0.3) is 0 Å². The van der Waals surface area contributed by atoms with Crippen molar-refractivity contribution in [2.75, 3.05) is 6.54 Å². The van der Waals surface area contributed by atoms with Crippen molar-refractivity contribution in [3.05, 3.63) is 64.7 Å². The van der Waals surface area contributed by atoms with Crippen molar-refractivity contribution in [1.82, 2.24) is 10.3 Å². The van der Waals surface area contributed by atoms with Gasteiger partial charge in [-0.15, -0.1) is 0 Å². The van der Waals surface area contributed by atoms with Gasteiger partial charge in [0.1, 0.15) is 5.82 Å². The van der Waals surface area contributed by atoms with Crippen LogP contribution >= 0.6 is 0 Å². The molecule has 0 unspecified atom stereocenters. The van der Waals surface area contributed by atoms with Crippen molar-refractivity contribution < 1.29 is 9.18 Å². The summed E-state index contributed by atoms with van der Waals surface area (Å²) < 4.78 is 12.9. The zero-order chi connectivity index (χ0) is 16.4. The standard InChI is InChI=1S/C19H17FN2O/c1-19(2)10-17-16(18(23)22-12-19)9-14(11-21-17)4-3-13-5-7-15(20)8-6-13/h5-9,11H,10,12H2,1-2H3,(H,22,23). The van der Waals surface area contributed by atoms with Crippen LogP contribution in [0, 0.1) is 23.1 Å². The lowest BCUT2D eigenvalue weighted by Crippen LogP contribution is -2.31. The Hall–Kier alpha value is -2.67. The normalized spacial score (nSPS) is 15.7. The van der Waals surface area contributed by atoms with Crippen LogP contribution in [0.15, 0.2) is 36.5 Å². The highest BCUT2D eigenvalue weighted by Gasteiger charge is 2.27. The first-order valence-corrected chi connectivity index (χ1v) is 7.48. The maximum atomic E-state index is 12.9. The summed E-state index contributed by atoms with van der Waals surface area (Å²) in [6, 6.07) is 7.75. The van der Waals surface area contributed by atoms with Crippen LogP contribution in [0.4, 0.5) is 4.39 Å². The van der Waals surface area contributed by atoms with Gasteiger partial charge in [-0.2, -0.15) is 0 Å². The summed E-state index contributed by atoms with van der Waals surface area (Å²) in [5.41, 5.74) is 2.75. The number of pyridine rings is 1. The van der Waals surface area contributed by atoms with Gasteiger partial charge in [0, 0.05) is 23.9 Å². The van der Waals surface area contributed by atoms with E-state index >= 15 is 0 Å². The second-order valence-corrected chi connectivity index (χ2v) is 6.50. The van der Waals surface area contributed by atoms with Gasteiger partial charge in [0.25, 0.3) is 5.91 Å². The van der Waals surface area contributed by atoms with Crippen LogP contribution < -0.4 is 5.32 Å². The molecular weight excluding hydrogens is 291 g/mol. The quantitative estimate of drug-likeness (QED) is 0.760. The lowest BCUT2D eigenvalue weighted by molar-refractivity contribution is 0.0944. The fraction of sp³-hybridized carbons (Fsp3) is 0.263. The predicted molar refractivity (Wildman–Crippen MR) is 86.4 cm³/mol. The largest absolute Gasteiger partial charge is 0.351 e. The topological polar surface area (TPSA) is 42.0 Å². The van der Waals surface area contributed by atoms with Gasteiger partial charge in [0.05, 0.1) is 11.3 Å². The van der Waals surface area contributed by atoms with E-state index in [4.69, 9.17) is 0 Å². The van der Waals surface area contributed by atoms with E-state index in [1.165, 1.54) is 12.1 Å². The van der Waals surface area contributed by atoms with Crippen molar-refractivity contribution in [2.45, 2.75) is 20.3 Å². The molecule has 3 rings (SSSR count). The van der Waals surface area contributed by atoms with Crippen LogP contribution in [0.5, 0.6) is 0 Å². The van der Waals surface area contributed by atoms with E-state index in [9.17, 15) is 9.18 Å². The summed E-state index contributed by atoms with van der Waals surface area (Å²) in [6.45, 7) is 4.83. The van der Waals surface area contributed by atoms with E-state index in [0.29, 0.717) is 23.2 Å². The fourth-order valence-corrected chi connectivity index (χ4v) is 2.51. The smallest absolute Gasteiger partial charge is 0.253 e. The van der Waals surface area contributed by atoms with Crippen molar-refractivity contribution >= 4 is 5.91 Å². The first-order chi connectivity index (χ1) is 10.9. The molecule has 1 amide bonds. The summed E-state index contributed by atoms with van der Waals surface area (Å²) in [4.78, 5) is 16.6. The maximum Gasteiger partial charge on any atom is 0.253 e. The highest BCUT2D eigenvalue weighted by molar-refractivity contribution is 5.96. The van der Waals surface area contributed by atoms with Crippen molar-refractivity contribution in [2.24, 2.45) is 5.41 Å². The van der Waals surface area contributed by atoms with Gasteiger partial charge in [-0.25, -0.2) is 4.39 Å². The van der Waals surface area contributed by atoms with Gasteiger partial charge in [-0.05, 0) is 42.2 Å². The average molecular weight is 308 g/mol. The number of hydrogen-bond acceptors (Lipinski definition) is 2. The Balaban J connectivity index is 1.92. The molecule has 3 nitrogen and oxygen atoms in total. The van der Waals surface area contributed by atoms with Crippen molar-refractivity contribution in [3.8, 4) is 11.8 Å². The predicted octanol–water partition coefficient (Wildman–Crippen LogP) is 2.93. The molecule has 4 heteroatoms. The van der Waals surface area contributed by atoms with E-state index in [2.05, 4.69) is 36.0 Å². The summed E-state index contributed by atoms with van der Waals surface area (Å²) in [5, 5.41) is 2.93. The minimum Gasteiger partial charge on any atom is -0.351 e. The molecule has 1 aliphatic heterocycles. The summed E-state index contributed by atoms with van der Waals surface area (Å²) >= 11 is 0. The number of rotatable bonds is 0. The van der Waals surface area contributed by atoms with Gasteiger partial charge in [-0.1, -0.05) is 25.7 Å². The molecule has 23 heavy (non-hydrogen) atoms. The highest BCUT2D eigenvalue weighted by atomic mass is 19.1. The second-order valence-electron chi connectivity index (χ2n) is 6.50. The number of carbonyl (C=O) groups excluding carboxylic acids is 1. The number of fused-ring (bicyclic) bond motifs is 1. The van der Waals surface area contributed by atoms with Gasteiger partial charge in [-0.3, -0.25) is 9.78 Å². The fourth-order valence-electron chi connectivity index (χ4n) is 2.51. The lowest BCUT2D eigenvalue weighted by atomic mass is 9.87. The Bertz CT molecular complexity index is 813. The third kappa shape index (κ3) is 3.57. The second kappa shape index (κ2) is 5.85. The molecule has 0 aliphatic carbocycles. The molecule has 0 saturated heterocycles. The van der Waals surface area contributed by atoms with Crippen molar-refractivity contribution in [3.63, 3.8) is 0 Å². The van der Waals surface area contributed by atoms with Gasteiger partial charge in [0.2, 0.25) is 0 Å². The minimum atomic E-state index is -0.290. The number of nitrogens with zero attached hydrogens (tertiary/aromatic N) is 1. The SMILES string of the molecule is CC1(C)CNC(=O)c2cc(C#Cc3ccc(F)cc3)cnc2C1. The molecule has 116 valence electrons. The van der Waals surface area contributed by atoms with Gasteiger partial charge < -0.3 is 5.32 Å². The molecule has 2 aromatic rings. The van der Waals surface area contributed by atoms with E-state index in [1.54, 1.807) is 24.4 Å². The molecule has 1 aromatic carbocycles. The van der Waals surface area contributed by atoms with Crippen LogP contribution in [0.1, 0.15) is 41.0 Å². The Morgan fingerprint density at radius 1 is 1.17 bits per heavy atom. The van der Waals surface area contributed by atoms with Crippen LogP contribution in [0.3, 0.4) is 0 Å². The van der Waals surface area contributed by atoms with Gasteiger partial charge in [0.15, 0.2) is 0 Å². The summed E-state index contributed by atoms with van der Waals surface area (Å²) in [6.07, 6.45) is 2.43. The lowest BCUT2D eigenvalue weighted by Gasteiger charge is -2.21. The molecule has 0 radical (unpaired) electrons. The van der Waals surface area contributed by atoms with Crippen LogP contribution in [-0.4, -0.2) is 17.4 Å². The first kappa shape index (κ1) is 15.2. The molecule has 0 spiro atoms. The molecule has 0 bridgehead atoms. The molecule has 0 atom stereocenters. The molecule has 1 aromatic heterocycles. The van der Waals surface area contributed by atoms with E-state index in [-0.39, 0.29) is 17.1 Å². The summed E-state index contributed by atoms with van der Waals surface area (Å²) in [7, 11) is 0. The molecular formula is C19H17FN2O. The number of carbonyl (C=O) groups is 1. The molecule has 2 heterocycles. The first-order valence-electron chi connectivity index (χ1n) is 7.48. The average Bonchev–Trinajstić information content (AvgIpc) is 2.63. The highest BCUT2D eigenvalue weighted by Crippen LogP contribution is 2.25. The molecule has 1 aliphatic rings. The number of aromatic nitrogens is 1. The van der Waals surface area contributed by atoms with E-state index < -0.39 is 0 Å². The minimum absolute atomic E-state index is 0.0186. The zero-order valence-electron chi connectivity index (χ0n) is 13.1. The van der Waals surface area contributed by atoms with Crippen LogP contribution in [-0.2, 0) is 6.42 Å². The third-order valence-corrected chi connectivity index (χ3v) is 3.78. The Kier molecular flexibility index (Phi) is 3.87. The molecule has 0 fully saturated rings. The molecule has 0 saturated carbocycles. The third-order valence-electron chi connectivity index (χ3n) is 3.78. The van der Waals surface area contributed by atoms with E-state index in [1.807, 2.05) is 0 Å². The maximum absolute atomic E-state index is 12.9. The summed E-state index contributed by atoms with van der Waals surface area (Å²) in [5.74, 6) is 5.53. The Morgan fingerprint density at radius 2 is 1.87 bits per heavy atom. The van der Waals surface area contributed by atoms with Crippen LogP contribution in [0.2, 0.25) is 0 Å². The zero-order valence-corrected chi connectivity index (χ0v) is 13.1. The van der Waals surface area contributed by atoms with Crippen molar-refractivity contribution in [1.29, 1.82) is 0 Å². The Morgan fingerprint density at radius 3 is 2.61 bits per heavy atom. The number of benzene rings is 1. The van der Waals surface area contributed by atoms with E-state index in [0.717, 1.165) is 12.1 Å². The number of amides is 1. The number of halogens is 1. The number of hydrogen-bond donors (Lipinski definition) is 1. The molecule has 1 N–H and O–H groups in total. The number of nitrogens with one attached hydrogen (secondary N) is 1. The Labute approximate surface area is 134 Å².